The highest BCUT2D eigenvalue weighted by molar-refractivity contribution is 5.76. The number of aliphatic hydroxyl groups is 1. The number of hydrogen-bond acceptors (Lipinski definition) is 4. The van der Waals surface area contributed by atoms with Gasteiger partial charge in [0.2, 0.25) is 5.91 Å². The summed E-state index contributed by atoms with van der Waals surface area (Å²) in [6.07, 6.45) is 1.60. The number of carbonyl (C=O) groups excluding carboxylic acids is 1. The summed E-state index contributed by atoms with van der Waals surface area (Å²) in [5.74, 6) is 0.699. The number of aromatic nitrogens is 1. The molecule has 0 saturated carbocycles. The third-order valence-electron chi connectivity index (χ3n) is 3.21. The molecule has 102 valence electrons. The van der Waals surface area contributed by atoms with Gasteiger partial charge in [-0.2, -0.15) is 0 Å². The molecule has 5 nitrogen and oxygen atoms in total. The molecule has 5 heteroatoms. The highest BCUT2D eigenvalue weighted by atomic mass is 16.5. The van der Waals surface area contributed by atoms with Crippen molar-refractivity contribution in [1.29, 1.82) is 0 Å². The molecule has 1 rings (SSSR count). The van der Waals surface area contributed by atoms with Crippen molar-refractivity contribution in [1.82, 2.24) is 10.5 Å². The third-order valence-corrected chi connectivity index (χ3v) is 3.21. The number of aryl methyl sites for hydroxylation is 2. The molecule has 1 atom stereocenters. The van der Waals surface area contributed by atoms with Gasteiger partial charge in [0.1, 0.15) is 5.76 Å². The SMILES string of the molecule is CCC(C)(O)CNC(=O)CCc1c(C)noc1C. The topological polar surface area (TPSA) is 75.4 Å². The lowest BCUT2D eigenvalue weighted by molar-refractivity contribution is -0.122. The van der Waals surface area contributed by atoms with Gasteiger partial charge in [0.25, 0.3) is 0 Å². The minimum atomic E-state index is -0.835. The van der Waals surface area contributed by atoms with Crippen molar-refractivity contribution in [2.45, 2.75) is 52.6 Å². The predicted molar refractivity (Wildman–Crippen MR) is 68.2 cm³/mol. The van der Waals surface area contributed by atoms with E-state index in [2.05, 4.69) is 10.5 Å². The second-order valence-electron chi connectivity index (χ2n) is 4.93. The number of carbonyl (C=O) groups is 1. The molecule has 0 aliphatic heterocycles. The van der Waals surface area contributed by atoms with Gasteiger partial charge in [0.15, 0.2) is 0 Å². The molecule has 0 bridgehead atoms. The van der Waals surface area contributed by atoms with Crippen LogP contribution in [0.1, 0.15) is 43.7 Å². The second kappa shape index (κ2) is 6.00. The zero-order chi connectivity index (χ0) is 13.8. The molecule has 1 heterocycles. The van der Waals surface area contributed by atoms with E-state index in [9.17, 15) is 9.90 Å². The molecule has 0 radical (unpaired) electrons. The molecular formula is C13H22N2O3. The lowest BCUT2D eigenvalue weighted by atomic mass is 10.0. The standard InChI is InChI=1S/C13H22N2O3/c1-5-13(4,17)8-14-12(16)7-6-11-9(2)15-18-10(11)3/h17H,5-8H2,1-4H3,(H,14,16). The summed E-state index contributed by atoms with van der Waals surface area (Å²) in [7, 11) is 0. The fourth-order valence-corrected chi connectivity index (χ4v) is 1.60. The summed E-state index contributed by atoms with van der Waals surface area (Å²) < 4.78 is 5.04. The van der Waals surface area contributed by atoms with Crippen LogP contribution < -0.4 is 5.32 Å². The zero-order valence-corrected chi connectivity index (χ0v) is 11.5. The van der Waals surface area contributed by atoms with E-state index in [0.29, 0.717) is 19.3 Å². The Hall–Kier alpha value is -1.36. The van der Waals surface area contributed by atoms with Crippen LogP contribution in [0.25, 0.3) is 0 Å². The van der Waals surface area contributed by atoms with Gasteiger partial charge in [0.05, 0.1) is 11.3 Å². The van der Waals surface area contributed by atoms with E-state index in [0.717, 1.165) is 17.0 Å². The summed E-state index contributed by atoms with van der Waals surface area (Å²) >= 11 is 0. The van der Waals surface area contributed by atoms with Gasteiger partial charge < -0.3 is 14.9 Å². The summed E-state index contributed by atoms with van der Waals surface area (Å²) in [4.78, 5) is 11.7. The molecule has 0 saturated heterocycles. The van der Waals surface area contributed by atoms with E-state index in [1.807, 2.05) is 20.8 Å². The smallest absolute Gasteiger partial charge is 0.220 e. The second-order valence-corrected chi connectivity index (χ2v) is 4.93. The molecule has 0 aliphatic carbocycles. The van der Waals surface area contributed by atoms with Gasteiger partial charge in [-0.15, -0.1) is 0 Å². The predicted octanol–water partition coefficient (Wildman–Crippen LogP) is 1.50. The van der Waals surface area contributed by atoms with Crippen LogP contribution in [-0.2, 0) is 11.2 Å². The van der Waals surface area contributed by atoms with Crippen molar-refractivity contribution < 1.29 is 14.4 Å². The van der Waals surface area contributed by atoms with Crippen LogP contribution in [-0.4, -0.2) is 28.3 Å². The molecule has 18 heavy (non-hydrogen) atoms. The molecular weight excluding hydrogens is 232 g/mol. The molecule has 0 fully saturated rings. The summed E-state index contributed by atoms with van der Waals surface area (Å²) in [5.41, 5.74) is 0.992. The largest absolute Gasteiger partial charge is 0.388 e. The first-order valence-corrected chi connectivity index (χ1v) is 6.26. The Balaban J connectivity index is 2.38. The Bertz CT molecular complexity index is 391. The Morgan fingerprint density at radius 1 is 1.50 bits per heavy atom. The van der Waals surface area contributed by atoms with Crippen LogP contribution in [0.15, 0.2) is 4.52 Å². The fraction of sp³-hybridized carbons (Fsp3) is 0.692. The van der Waals surface area contributed by atoms with Crippen molar-refractivity contribution in [2.24, 2.45) is 0 Å². The molecule has 2 N–H and O–H groups in total. The first-order valence-electron chi connectivity index (χ1n) is 6.26. The Kier molecular flexibility index (Phi) is 4.90. The maximum absolute atomic E-state index is 11.7. The van der Waals surface area contributed by atoms with E-state index in [4.69, 9.17) is 4.52 Å². The third kappa shape index (κ3) is 4.14. The molecule has 0 spiro atoms. The average molecular weight is 254 g/mol. The number of hydrogen-bond donors (Lipinski definition) is 2. The first kappa shape index (κ1) is 14.7. The minimum Gasteiger partial charge on any atom is -0.388 e. The Morgan fingerprint density at radius 2 is 2.17 bits per heavy atom. The van der Waals surface area contributed by atoms with E-state index in [1.165, 1.54) is 0 Å². The van der Waals surface area contributed by atoms with E-state index >= 15 is 0 Å². The Labute approximate surface area is 108 Å². The molecule has 1 amide bonds. The molecule has 1 aromatic rings. The summed E-state index contributed by atoms with van der Waals surface area (Å²) in [5, 5.41) is 16.4. The average Bonchev–Trinajstić information content (AvgIpc) is 2.64. The van der Waals surface area contributed by atoms with Crippen molar-refractivity contribution in [3.63, 3.8) is 0 Å². The van der Waals surface area contributed by atoms with E-state index in [-0.39, 0.29) is 12.5 Å². The van der Waals surface area contributed by atoms with Gasteiger partial charge in [-0.1, -0.05) is 12.1 Å². The number of rotatable bonds is 6. The van der Waals surface area contributed by atoms with Gasteiger partial charge in [-0.25, -0.2) is 0 Å². The van der Waals surface area contributed by atoms with Crippen LogP contribution in [0.3, 0.4) is 0 Å². The molecule has 0 aliphatic rings. The summed E-state index contributed by atoms with van der Waals surface area (Å²) in [6.45, 7) is 7.59. The van der Waals surface area contributed by atoms with Gasteiger partial charge in [-0.3, -0.25) is 4.79 Å². The fourth-order valence-electron chi connectivity index (χ4n) is 1.60. The van der Waals surface area contributed by atoms with Crippen LogP contribution in [0.2, 0.25) is 0 Å². The molecule has 1 aromatic heterocycles. The number of nitrogens with one attached hydrogen (secondary N) is 1. The van der Waals surface area contributed by atoms with Crippen LogP contribution in [0, 0.1) is 13.8 Å². The quantitative estimate of drug-likeness (QED) is 0.806. The lowest BCUT2D eigenvalue weighted by Crippen LogP contribution is -2.40. The number of amides is 1. The Morgan fingerprint density at radius 3 is 2.67 bits per heavy atom. The molecule has 1 unspecified atom stereocenters. The normalized spacial score (nSPS) is 14.3. The van der Waals surface area contributed by atoms with Crippen molar-refractivity contribution in [3.05, 3.63) is 17.0 Å². The number of nitrogens with zero attached hydrogens (tertiary/aromatic N) is 1. The zero-order valence-electron chi connectivity index (χ0n) is 11.5. The minimum absolute atomic E-state index is 0.0660. The van der Waals surface area contributed by atoms with Crippen molar-refractivity contribution in [2.75, 3.05) is 6.54 Å². The lowest BCUT2D eigenvalue weighted by Gasteiger charge is -2.21. The maximum Gasteiger partial charge on any atom is 0.220 e. The first-order chi connectivity index (χ1) is 8.35. The van der Waals surface area contributed by atoms with Gasteiger partial charge >= 0.3 is 0 Å². The van der Waals surface area contributed by atoms with Crippen molar-refractivity contribution in [3.8, 4) is 0 Å². The highest BCUT2D eigenvalue weighted by Crippen LogP contribution is 2.14. The van der Waals surface area contributed by atoms with Gasteiger partial charge in [-0.05, 0) is 33.6 Å². The highest BCUT2D eigenvalue weighted by Gasteiger charge is 2.18. The van der Waals surface area contributed by atoms with Crippen molar-refractivity contribution >= 4 is 5.91 Å². The van der Waals surface area contributed by atoms with Crippen LogP contribution in [0.4, 0.5) is 0 Å². The maximum atomic E-state index is 11.7. The van der Waals surface area contributed by atoms with Crippen LogP contribution >= 0.6 is 0 Å². The van der Waals surface area contributed by atoms with E-state index in [1.54, 1.807) is 6.92 Å². The van der Waals surface area contributed by atoms with E-state index < -0.39 is 5.60 Å². The van der Waals surface area contributed by atoms with Gasteiger partial charge in [0, 0.05) is 18.5 Å². The monoisotopic (exact) mass is 254 g/mol. The molecule has 0 aromatic carbocycles. The summed E-state index contributed by atoms with van der Waals surface area (Å²) in [6, 6.07) is 0. The van der Waals surface area contributed by atoms with Crippen LogP contribution in [0.5, 0.6) is 0 Å².